The van der Waals surface area contributed by atoms with Gasteiger partial charge in [0.05, 0.1) is 17.4 Å². The Morgan fingerprint density at radius 1 is 1.00 bits per heavy atom. The lowest BCUT2D eigenvalue weighted by atomic mass is 10.0. The Balaban J connectivity index is 1.29. The summed E-state index contributed by atoms with van der Waals surface area (Å²) in [6.45, 7) is 1.89. The van der Waals surface area contributed by atoms with Crippen molar-refractivity contribution in [1.82, 2.24) is 24.2 Å². The molecule has 3 aromatic heterocycles. The van der Waals surface area contributed by atoms with Crippen LogP contribution in [0.3, 0.4) is 0 Å². The molecule has 0 aliphatic carbocycles. The number of carbonyl (C=O) groups is 1. The maximum Gasteiger partial charge on any atom is 0.301 e. The number of ketones is 1. The number of hydrogen-bond acceptors (Lipinski definition) is 8. The second-order valence-corrected chi connectivity index (χ2v) is 11.8. The minimum atomic E-state index is -4.06. The summed E-state index contributed by atoms with van der Waals surface area (Å²) in [4.78, 5) is 31.5. The normalized spacial score (nSPS) is 16.9. The molecule has 41 heavy (non-hydrogen) atoms. The number of nitrogens with one attached hydrogen (secondary N) is 2. The third-order valence-electron chi connectivity index (χ3n) is 7.46. The van der Waals surface area contributed by atoms with Gasteiger partial charge in [-0.1, -0.05) is 0 Å². The smallest absolute Gasteiger partial charge is 0.301 e. The van der Waals surface area contributed by atoms with Gasteiger partial charge in [-0.25, -0.2) is 23.7 Å². The van der Waals surface area contributed by atoms with E-state index in [0.717, 1.165) is 12.1 Å². The van der Waals surface area contributed by atoms with Crippen LogP contribution in [0.4, 0.5) is 20.4 Å². The SMILES string of the molecule is O=C(c1c(F)ccc(NS(=O)(=O)N2CCCC2)c1F)c1c[nH]c2ncc(-c3cnc(N4CCC(O)CC4)nc3)cc12. The molecular weight excluding hydrogens is 556 g/mol. The van der Waals surface area contributed by atoms with E-state index >= 15 is 4.39 Å². The second kappa shape index (κ2) is 10.8. The largest absolute Gasteiger partial charge is 0.393 e. The van der Waals surface area contributed by atoms with Crippen LogP contribution < -0.4 is 9.62 Å². The number of fused-ring (bicyclic) bond motifs is 1. The lowest BCUT2D eigenvalue weighted by Gasteiger charge is -2.29. The average molecular weight is 584 g/mol. The first kappa shape index (κ1) is 27.2. The van der Waals surface area contributed by atoms with Crippen molar-refractivity contribution < 1.29 is 27.1 Å². The van der Waals surface area contributed by atoms with Crippen molar-refractivity contribution in [3.8, 4) is 11.1 Å². The summed E-state index contributed by atoms with van der Waals surface area (Å²) in [5.41, 5.74) is 0.109. The molecule has 0 unspecified atom stereocenters. The lowest BCUT2D eigenvalue weighted by Crippen LogP contribution is -2.36. The molecule has 0 atom stereocenters. The number of anilines is 2. The molecule has 3 N–H and O–H groups in total. The highest BCUT2D eigenvalue weighted by molar-refractivity contribution is 7.90. The topological polar surface area (TPSA) is 144 Å². The summed E-state index contributed by atoms with van der Waals surface area (Å²) in [6, 6.07) is 3.47. The van der Waals surface area contributed by atoms with E-state index in [2.05, 4.69) is 24.7 Å². The Kier molecular flexibility index (Phi) is 7.13. The van der Waals surface area contributed by atoms with E-state index in [9.17, 15) is 22.7 Å². The molecule has 0 radical (unpaired) electrons. The molecule has 14 heteroatoms. The van der Waals surface area contributed by atoms with Crippen molar-refractivity contribution in [3.05, 3.63) is 65.7 Å². The van der Waals surface area contributed by atoms with E-state index in [1.807, 2.05) is 4.90 Å². The van der Waals surface area contributed by atoms with Crippen molar-refractivity contribution in [3.63, 3.8) is 0 Å². The molecule has 5 heterocycles. The van der Waals surface area contributed by atoms with Crippen molar-refractivity contribution >= 4 is 38.7 Å². The van der Waals surface area contributed by atoms with Crippen LogP contribution in [0.2, 0.25) is 0 Å². The van der Waals surface area contributed by atoms with Gasteiger partial charge in [0.15, 0.2) is 5.82 Å². The summed E-state index contributed by atoms with van der Waals surface area (Å²) in [5.74, 6) is -2.85. The first-order chi connectivity index (χ1) is 19.7. The van der Waals surface area contributed by atoms with Crippen molar-refractivity contribution in [2.24, 2.45) is 0 Å². The zero-order valence-electron chi connectivity index (χ0n) is 21.8. The van der Waals surface area contributed by atoms with Gasteiger partial charge in [0.25, 0.3) is 0 Å². The maximum atomic E-state index is 15.5. The molecular formula is C27H27F2N7O4S. The fraction of sp³-hybridized carbons (Fsp3) is 0.333. The van der Waals surface area contributed by atoms with Crippen LogP contribution in [-0.4, -0.2) is 75.8 Å². The Morgan fingerprint density at radius 3 is 2.39 bits per heavy atom. The first-order valence-electron chi connectivity index (χ1n) is 13.2. The zero-order chi connectivity index (χ0) is 28.7. The van der Waals surface area contributed by atoms with Gasteiger partial charge in [-0.05, 0) is 43.9 Å². The quantitative estimate of drug-likeness (QED) is 0.281. The molecule has 0 amide bonds. The van der Waals surface area contributed by atoms with Gasteiger partial charge in [-0.15, -0.1) is 0 Å². The van der Waals surface area contributed by atoms with Crippen LogP contribution in [0, 0.1) is 11.6 Å². The number of benzene rings is 1. The summed E-state index contributed by atoms with van der Waals surface area (Å²) in [7, 11) is -4.06. The third-order valence-corrected chi connectivity index (χ3v) is 8.98. The standard InChI is InChI=1S/C27H27F2N7O4S/c28-21-3-4-22(34-41(39,40)36-7-1-2-8-36)24(29)23(21)25(38)20-15-31-26-19(20)11-16(12-30-26)17-13-32-27(33-14-17)35-9-5-18(37)6-10-35/h3-4,11-15,18,34,37H,1-2,5-10H2,(H,30,31). The summed E-state index contributed by atoms with van der Waals surface area (Å²) in [6.07, 6.45) is 8.48. The predicted octanol–water partition coefficient (Wildman–Crippen LogP) is 3.24. The van der Waals surface area contributed by atoms with Gasteiger partial charge in [0.2, 0.25) is 11.7 Å². The Bertz CT molecular complexity index is 1720. The first-order valence-corrected chi connectivity index (χ1v) is 14.7. The molecule has 2 aliphatic rings. The Labute approximate surface area is 234 Å². The van der Waals surface area contributed by atoms with Crippen molar-refractivity contribution in [1.29, 1.82) is 0 Å². The van der Waals surface area contributed by atoms with Gasteiger partial charge in [0, 0.05) is 73.0 Å². The molecule has 6 rings (SSSR count). The molecule has 0 saturated carbocycles. The van der Waals surface area contributed by atoms with E-state index < -0.39 is 38.9 Å². The highest BCUT2D eigenvalue weighted by Gasteiger charge is 2.29. The number of piperidine rings is 1. The number of halogens is 2. The highest BCUT2D eigenvalue weighted by atomic mass is 32.2. The molecule has 0 spiro atoms. The fourth-order valence-electron chi connectivity index (χ4n) is 5.15. The molecule has 214 valence electrons. The summed E-state index contributed by atoms with van der Waals surface area (Å²) >= 11 is 0. The van der Waals surface area contributed by atoms with Gasteiger partial charge in [-0.3, -0.25) is 9.52 Å². The average Bonchev–Trinajstić information content (AvgIpc) is 3.66. The zero-order valence-corrected chi connectivity index (χ0v) is 22.7. The van der Waals surface area contributed by atoms with Crippen LogP contribution in [0.25, 0.3) is 22.2 Å². The van der Waals surface area contributed by atoms with Gasteiger partial charge in [-0.2, -0.15) is 12.7 Å². The number of aromatic nitrogens is 4. The van der Waals surface area contributed by atoms with Gasteiger partial charge < -0.3 is 15.0 Å². The third kappa shape index (κ3) is 5.25. The molecule has 2 aliphatic heterocycles. The Morgan fingerprint density at radius 2 is 1.68 bits per heavy atom. The number of aliphatic hydroxyl groups excluding tert-OH is 1. The highest BCUT2D eigenvalue weighted by Crippen LogP contribution is 2.30. The number of rotatable bonds is 7. The van der Waals surface area contributed by atoms with E-state index in [1.165, 1.54) is 10.5 Å². The molecule has 2 saturated heterocycles. The maximum absolute atomic E-state index is 15.5. The number of pyridine rings is 1. The molecule has 1 aromatic carbocycles. The second-order valence-electron chi connectivity index (χ2n) is 10.1. The number of aromatic amines is 1. The van der Waals surface area contributed by atoms with E-state index in [-0.39, 0.29) is 11.7 Å². The number of carbonyl (C=O) groups excluding carboxylic acids is 1. The van der Waals surface area contributed by atoms with E-state index in [1.54, 1.807) is 24.7 Å². The van der Waals surface area contributed by atoms with Crippen LogP contribution in [0.15, 0.2) is 43.0 Å². The van der Waals surface area contributed by atoms with Crippen LogP contribution in [0.1, 0.15) is 41.6 Å². The van der Waals surface area contributed by atoms with E-state index in [4.69, 9.17) is 0 Å². The monoisotopic (exact) mass is 583 g/mol. The predicted molar refractivity (Wildman–Crippen MR) is 148 cm³/mol. The van der Waals surface area contributed by atoms with Crippen LogP contribution >= 0.6 is 0 Å². The molecule has 11 nitrogen and oxygen atoms in total. The minimum Gasteiger partial charge on any atom is -0.393 e. The van der Waals surface area contributed by atoms with E-state index in [0.29, 0.717) is 80.0 Å². The van der Waals surface area contributed by atoms with Gasteiger partial charge >= 0.3 is 10.2 Å². The summed E-state index contributed by atoms with van der Waals surface area (Å²) < 4.78 is 59.0. The number of hydrogen-bond donors (Lipinski definition) is 3. The number of H-pyrrole nitrogens is 1. The molecule has 0 bridgehead atoms. The number of nitrogens with zero attached hydrogens (tertiary/aromatic N) is 5. The van der Waals surface area contributed by atoms with Gasteiger partial charge in [0.1, 0.15) is 11.5 Å². The van der Waals surface area contributed by atoms with Crippen LogP contribution in [0.5, 0.6) is 0 Å². The van der Waals surface area contributed by atoms with Crippen molar-refractivity contribution in [2.75, 3.05) is 35.8 Å². The molecule has 4 aromatic rings. The number of aliphatic hydroxyl groups is 1. The molecule has 2 fully saturated rings. The summed E-state index contributed by atoms with van der Waals surface area (Å²) in [5, 5.41) is 10.1. The Hall–Kier alpha value is -4.01. The minimum absolute atomic E-state index is 0.0314. The fourth-order valence-corrected chi connectivity index (χ4v) is 6.46. The lowest BCUT2D eigenvalue weighted by molar-refractivity contribution is 0.103. The van der Waals surface area contributed by atoms with Crippen molar-refractivity contribution in [2.45, 2.75) is 31.8 Å². The van der Waals surface area contributed by atoms with Crippen LogP contribution in [-0.2, 0) is 10.2 Å².